The molecule has 0 amide bonds. The third-order valence-electron chi connectivity index (χ3n) is 3.58. The molecule has 1 heterocycles. The lowest BCUT2D eigenvalue weighted by atomic mass is 10.1. The Labute approximate surface area is 136 Å². The van der Waals surface area contributed by atoms with E-state index < -0.39 is 22.2 Å². The summed E-state index contributed by atoms with van der Waals surface area (Å²) in [6, 6.07) is 6.48. The fraction of sp³-hybridized carbons (Fsp3) is 0.438. The largest absolute Gasteiger partial charge is 0.464 e. The first-order valence-electron chi connectivity index (χ1n) is 7.43. The summed E-state index contributed by atoms with van der Waals surface area (Å²) in [5.74, 6) is -0.690. The lowest BCUT2D eigenvalue weighted by molar-refractivity contribution is -0.139. The van der Waals surface area contributed by atoms with Crippen molar-refractivity contribution in [1.82, 2.24) is 4.31 Å². The molecule has 6 nitrogen and oxygen atoms in total. The van der Waals surface area contributed by atoms with Crippen molar-refractivity contribution < 1.29 is 22.7 Å². The Kier molecular flexibility index (Phi) is 5.43. The number of carbonyl (C=O) groups is 1. The topological polar surface area (TPSA) is 72.9 Å². The van der Waals surface area contributed by atoms with Crippen molar-refractivity contribution in [1.29, 1.82) is 0 Å². The Bertz CT molecular complexity index is 694. The highest BCUT2D eigenvalue weighted by Gasteiger charge is 2.38. The Morgan fingerprint density at radius 3 is 2.52 bits per heavy atom. The summed E-state index contributed by atoms with van der Waals surface area (Å²) in [7, 11) is -2.69. The molecule has 1 aliphatic rings. The van der Waals surface area contributed by atoms with Crippen molar-refractivity contribution in [2.75, 3.05) is 13.7 Å². The summed E-state index contributed by atoms with van der Waals surface area (Å²) in [6.07, 6.45) is 1.90. The summed E-state index contributed by atoms with van der Waals surface area (Å²) in [5, 5.41) is 0. The van der Waals surface area contributed by atoms with Gasteiger partial charge in [0.25, 0.3) is 10.0 Å². The van der Waals surface area contributed by atoms with Crippen LogP contribution in [0.3, 0.4) is 0 Å². The van der Waals surface area contributed by atoms with E-state index in [1.54, 1.807) is 25.1 Å². The zero-order valence-electron chi connectivity index (χ0n) is 13.5. The lowest BCUT2D eigenvalue weighted by Crippen LogP contribution is -2.45. The standard InChI is InChI=1S/C16H21NO5S/c1-4-22-15-7-5-6-14(16(18)21-3)17(15)23(19,20)13-10-8-12(2)9-11-13/h6,8-11,15H,4-5,7H2,1-3H3. The second-order valence-electron chi connectivity index (χ2n) is 5.18. The summed E-state index contributed by atoms with van der Waals surface area (Å²) in [4.78, 5) is 12.1. The fourth-order valence-electron chi connectivity index (χ4n) is 2.45. The van der Waals surface area contributed by atoms with Gasteiger partial charge in [0.1, 0.15) is 11.9 Å². The monoisotopic (exact) mass is 339 g/mol. The minimum atomic E-state index is -3.92. The minimum Gasteiger partial charge on any atom is -0.464 e. The van der Waals surface area contributed by atoms with Crippen molar-refractivity contribution in [3.8, 4) is 0 Å². The number of esters is 1. The van der Waals surface area contributed by atoms with Crippen LogP contribution in [0.1, 0.15) is 25.3 Å². The van der Waals surface area contributed by atoms with Gasteiger partial charge in [0.15, 0.2) is 0 Å². The van der Waals surface area contributed by atoms with E-state index in [1.165, 1.54) is 19.2 Å². The molecule has 1 aliphatic heterocycles. The van der Waals surface area contributed by atoms with E-state index in [0.717, 1.165) is 9.87 Å². The number of ether oxygens (including phenoxy) is 2. The van der Waals surface area contributed by atoms with Crippen LogP contribution < -0.4 is 0 Å². The SMILES string of the molecule is CCOC1CCC=C(C(=O)OC)N1S(=O)(=O)c1ccc(C)cc1. The number of aryl methyl sites for hydroxylation is 1. The number of benzene rings is 1. The molecule has 0 spiro atoms. The van der Waals surface area contributed by atoms with Crippen molar-refractivity contribution in [3.63, 3.8) is 0 Å². The Hall–Kier alpha value is -1.86. The van der Waals surface area contributed by atoms with E-state index in [-0.39, 0.29) is 10.6 Å². The van der Waals surface area contributed by atoms with Crippen LogP contribution in [0.15, 0.2) is 40.9 Å². The van der Waals surface area contributed by atoms with Gasteiger partial charge in [0, 0.05) is 6.61 Å². The first-order valence-corrected chi connectivity index (χ1v) is 8.87. The maximum Gasteiger partial charge on any atom is 0.355 e. The Balaban J connectivity index is 2.51. The Morgan fingerprint density at radius 2 is 1.96 bits per heavy atom. The average Bonchev–Trinajstić information content (AvgIpc) is 2.54. The average molecular weight is 339 g/mol. The summed E-state index contributed by atoms with van der Waals surface area (Å²) in [5.41, 5.74) is 0.950. The third-order valence-corrected chi connectivity index (χ3v) is 5.40. The zero-order valence-corrected chi connectivity index (χ0v) is 14.3. The van der Waals surface area contributed by atoms with Crippen molar-refractivity contribution >= 4 is 16.0 Å². The van der Waals surface area contributed by atoms with E-state index >= 15 is 0 Å². The normalized spacial score (nSPS) is 18.5. The molecule has 126 valence electrons. The molecule has 1 aromatic carbocycles. The predicted octanol–water partition coefficient (Wildman–Crippen LogP) is 2.20. The van der Waals surface area contributed by atoms with Gasteiger partial charge in [-0.1, -0.05) is 23.8 Å². The molecule has 0 saturated heterocycles. The van der Waals surface area contributed by atoms with Crippen molar-refractivity contribution in [2.24, 2.45) is 0 Å². The van der Waals surface area contributed by atoms with Gasteiger partial charge in [-0.15, -0.1) is 0 Å². The quantitative estimate of drug-likeness (QED) is 0.769. The lowest BCUT2D eigenvalue weighted by Gasteiger charge is -2.35. The highest BCUT2D eigenvalue weighted by molar-refractivity contribution is 7.89. The highest BCUT2D eigenvalue weighted by atomic mass is 32.2. The molecule has 1 unspecified atom stereocenters. The van der Waals surface area contributed by atoms with Gasteiger partial charge in [0.05, 0.1) is 12.0 Å². The van der Waals surface area contributed by atoms with Gasteiger partial charge in [-0.25, -0.2) is 17.5 Å². The summed E-state index contributed by atoms with van der Waals surface area (Å²) >= 11 is 0. The predicted molar refractivity (Wildman–Crippen MR) is 85.0 cm³/mol. The number of allylic oxidation sites excluding steroid dienone is 1. The van der Waals surface area contributed by atoms with E-state index in [9.17, 15) is 13.2 Å². The van der Waals surface area contributed by atoms with Crippen molar-refractivity contribution in [3.05, 3.63) is 41.6 Å². The van der Waals surface area contributed by atoms with E-state index in [0.29, 0.717) is 19.4 Å². The number of carbonyl (C=O) groups excluding carboxylic acids is 1. The number of sulfonamides is 1. The number of hydrogen-bond donors (Lipinski definition) is 0. The molecule has 1 aromatic rings. The number of methoxy groups -OCH3 is 1. The van der Waals surface area contributed by atoms with Crippen LogP contribution in [-0.2, 0) is 24.3 Å². The third kappa shape index (κ3) is 3.56. The highest BCUT2D eigenvalue weighted by Crippen LogP contribution is 2.30. The van der Waals surface area contributed by atoms with E-state index in [1.807, 2.05) is 6.92 Å². The van der Waals surface area contributed by atoms with Crippen LogP contribution in [0.2, 0.25) is 0 Å². The maximum atomic E-state index is 13.0. The van der Waals surface area contributed by atoms with Crippen molar-refractivity contribution in [2.45, 2.75) is 37.8 Å². The molecule has 0 radical (unpaired) electrons. The van der Waals surface area contributed by atoms with Gasteiger partial charge >= 0.3 is 5.97 Å². The van der Waals surface area contributed by atoms with Gasteiger partial charge in [0.2, 0.25) is 0 Å². The molecule has 0 aliphatic carbocycles. The molecule has 0 fully saturated rings. The molecule has 2 rings (SSSR count). The molecule has 0 N–H and O–H groups in total. The zero-order chi connectivity index (χ0) is 17.0. The number of nitrogens with zero attached hydrogens (tertiary/aromatic N) is 1. The van der Waals surface area contributed by atoms with E-state index in [4.69, 9.17) is 9.47 Å². The Morgan fingerprint density at radius 1 is 1.30 bits per heavy atom. The molecular formula is C16H21NO5S. The minimum absolute atomic E-state index is 0.00206. The first-order chi connectivity index (χ1) is 10.9. The van der Waals surface area contributed by atoms with Gasteiger partial charge in [-0.05, 0) is 38.8 Å². The van der Waals surface area contributed by atoms with Crippen LogP contribution in [0.25, 0.3) is 0 Å². The van der Waals surface area contributed by atoms with E-state index in [2.05, 4.69) is 0 Å². The second kappa shape index (κ2) is 7.14. The van der Waals surface area contributed by atoms with Crippen LogP contribution in [0.5, 0.6) is 0 Å². The molecule has 0 bridgehead atoms. The van der Waals surface area contributed by atoms with Crippen LogP contribution in [0.4, 0.5) is 0 Å². The van der Waals surface area contributed by atoms with Gasteiger partial charge in [-0.3, -0.25) is 0 Å². The van der Waals surface area contributed by atoms with Gasteiger partial charge in [-0.2, -0.15) is 0 Å². The van der Waals surface area contributed by atoms with Gasteiger partial charge < -0.3 is 9.47 Å². The second-order valence-corrected chi connectivity index (χ2v) is 7.00. The molecule has 0 aromatic heterocycles. The molecule has 23 heavy (non-hydrogen) atoms. The van der Waals surface area contributed by atoms with Crippen LogP contribution in [-0.4, -0.2) is 38.6 Å². The smallest absolute Gasteiger partial charge is 0.355 e. The molecule has 0 saturated carbocycles. The molecular weight excluding hydrogens is 318 g/mol. The number of rotatable bonds is 5. The van der Waals surface area contributed by atoms with Crippen LogP contribution in [0, 0.1) is 6.92 Å². The fourth-order valence-corrected chi connectivity index (χ4v) is 4.05. The number of hydrogen-bond acceptors (Lipinski definition) is 5. The first kappa shape index (κ1) is 17.5. The summed E-state index contributed by atoms with van der Waals surface area (Å²) in [6.45, 7) is 4.01. The molecule has 7 heteroatoms. The summed E-state index contributed by atoms with van der Waals surface area (Å²) < 4.78 is 37.3. The maximum absolute atomic E-state index is 13.0. The molecule has 1 atom stereocenters. The van der Waals surface area contributed by atoms with Crippen LogP contribution >= 0.6 is 0 Å².